The average Bonchev–Trinajstić information content (AvgIpc) is 2.59. The molecule has 1 amide bonds. The Labute approximate surface area is 146 Å². The molecular formula is C20H21N3O2. The van der Waals surface area contributed by atoms with Crippen LogP contribution in [0.4, 0.5) is 0 Å². The second kappa shape index (κ2) is 7.30. The number of carbonyl (C=O) groups excluding carboxylic acids is 1. The predicted molar refractivity (Wildman–Crippen MR) is 99.1 cm³/mol. The van der Waals surface area contributed by atoms with E-state index in [2.05, 4.69) is 24.3 Å². The van der Waals surface area contributed by atoms with Gasteiger partial charge in [-0.3, -0.25) is 15.0 Å². The standard InChI is InChI=1S/C20H21N3O2/c1-14(2)12-18-21-17-11-7-6-10-16(17)20(25)23(18)22-19(24)13-15-8-4-3-5-9-15/h3-11,14H,12-13H2,1-2H3,(H,22,24). The summed E-state index contributed by atoms with van der Waals surface area (Å²) in [5, 5.41) is 0.495. The van der Waals surface area contributed by atoms with Crippen molar-refractivity contribution in [3.63, 3.8) is 0 Å². The molecule has 2 aromatic carbocycles. The third-order valence-electron chi connectivity index (χ3n) is 3.88. The zero-order valence-electron chi connectivity index (χ0n) is 14.4. The first-order valence-corrected chi connectivity index (χ1v) is 8.39. The number of fused-ring (bicyclic) bond motifs is 1. The van der Waals surface area contributed by atoms with Crippen LogP contribution < -0.4 is 11.0 Å². The normalized spacial score (nSPS) is 11.0. The Morgan fingerprint density at radius 3 is 2.48 bits per heavy atom. The minimum atomic E-state index is -0.248. The van der Waals surface area contributed by atoms with Gasteiger partial charge in [-0.1, -0.05) is 56.3 Å². The van der Waals surface area contributed by atoms with Crippen LogP contribution in [-0.2, 0) is 17.6 Å². The molecular weight excluding hydrogens is 314 g/mol. The second-order valence-electron chi connectivity index (χ2n) is 6.48. The lowest BCUT2D eigenvalue weighted by atomic mass is 10.1. The van der Waals surface area contributed by atoms with Crippen LogP contribution in [-0.4, -0.2) is 15.6 Å². The van der Waals surface area contributed by atoms with E-state index in [9.17, 15) is 9.59 Å². The zero-order chi connectivity index (χ0) is 17.8. The molecule has 0 aliphatic heterocycles. The molecule has 0 atom stereocenters. The van der Waals surface area contributed by atoms with Crippen molar-refractivity contribution in [3.05, 3.63) is 76.3 Å². The lowest BCUT2D eigenvalue weighted by Gasteiger charge is -2.15. The van der Waals surface area contributed by atoms with E-state index in [1.54, 1.807) is 12.1 Å². The maximum atomic E-state index is 12.8. The van der Waals surface area contributed by atoms with E-state index in [4.69, 9.17) is 0 Å². The van der Waals surface area contributed by atoms with Gasteiger partial charge in [0.2, 0.25) is 5.91 Å². The molecule has 0 aliphatic rings. The summed E-state index contributed by atoms with van der Waals surface area (Å²) in [5.41, 5.74) is 4.03. The second-order valence-corrected chi connectivity index (χ2v) is 6.48. The number of nitrogens with zero attached hydrogens (tertiary/aromatic N) is 2. The highest BCUT2D eigenvalue weighted by Gasteiger charge is 2.14. The Bertz CT molecular complexity index is 946. The zero-order valence-corrected chi connectivity index (χ0v) is 14.4. The maximum absolute atomic E-state index is 12.8. The summed E-state index contributed by atoms with van der Waals surface area (Å²) < 4.78 is 1.30. The van der Waals surface area contributed by atoms with Crippen molar-refractivity contribution in [2.75, 3.05) is 5.43 Å². The molecule has 0 saturated carbocycles. The molecule has 1 aromatic heterocycles. The highest BCUT2D eigenvalue weighted by molar-refractivity contribution is 5.86. The summed E-state index contributed by atoms with van der Waals surface area (Å²) in [6, 6.07) is 16.6. The Hall–Kier alpha value is -2.95. The monoisotopic (exact) mass is 335 g/mol. The summed E-state index contributed by atoms with van der Waals surface area (Å²) >= 11 is 0. The van der Waals surface area contributed by atoms with E-state index in [1.165, 1.54) is 4.68 Å². The molecule has 0 fully saturated rings. The number of aromatic nitrogens is 2. The number of amides is 1. The van der Waals surface area contributed by atoms with Crippen molar-refractivity contribution in [1.29, 1.82) is 0 Å². The van der Waals surface area contributed by atoms with Gasteiger partial charge in [-0.25, -0.2) is 9.66 Å². The first-order chi connectivity index (χ1) is 12.0. The molecule has 0 unspecified atom stereocenters. The third kappa shape index (κ3) is 3.94. The van der Waals surface area contributed by atoms with Crippen molar-refractivity contribution in [2.24, 2.45) is 5.92 Å². The van der Waals surface area contributed by atoms with Gasteiger partial charge >= 0.3 is 0 Å². The predicted octanol–water partition coefficient (Wildman–Crippen LogP) is 2.91. The van der Waals surface area contributed by atoms with Crippen LogP contribution in [0, 0.1) is 5.92 Å². The quantitative estimate of drug-likeness (QED) is 0.780. The van der Waals surface area contributed by atoms with Crippen molar-refractivity contribution in [2.45, 2.75) is 26.7 Å². The van der Waals surface area contributed by atoms with Crippen LogP contribution >= 0.6 is 0 Å². The van der Waals surface area contributed by atoms with Crippen molar-refractivity contribution in [3.8, 4) is 0 Å². The Morgan fingerprint density at radius 2 is 1.76 bits per heavy atom. The number of rotatable bonds is 5. The maximum Gasteiger partial charge on any atom is 0.280 e. The van der Waals surface area contributed by atoms with E-state index >= 15 is 0 Å². The Balaban J connectivity index is 1.97. The van der Waals surface area contributed by atoms with Crippen molar-refractivity contribution < 1.29 is 4.79 Å². The molecule has 0 spiro atoms. The fourth-order valence-electron chi connectivity index (χ4n) is 2.74. The molecule has 25 heavy (non-hydrogen) atoms. The molecule has 128 valence electrons. The SMILES string of the molecule is CC(C)Cc1nc2ccccc2c(=O)n1NC(=O)Cc1ccccc1. The number of benzene rings is 2. The largest absolute Gasteiger partial charge is 0.280 e. The van der Waals surface area contributed by atoms with Gasteiger partial charge in [0.25, 0.3) is 5.56 Å². The molecule has 0 saturated heterocycles. The van der Waals surface area contributed by atoms with Gasteiger partial charge in [-0.05, 0) is 23.6 Å². The van der Waals surface area contributed by atoms with Gasteiger partial charge in [0.15, 0.2) is 0 Å². The number of hydrogen-bond acceptors (Lipinski definition) is 3. The van der Waals surface area contributed by atoms with E-state index < -0.39 is 0 Å². The summed E-state index contributed by atoms with van der Waals surface area (Å²) in [4.78, 5) is 29.8. The van der Waals surface area contributed by atoms with Gasteiger partial charge in [-0.15, -0.1) is 0 Å². The first kappa shape index (κ1) is 16.9. The van der Waals surface area contributed by atoms with Crippen LogP contribution in [0.5, 0.6) is 0 Å². The highest BCUT2D eigenvalue weighted by atomic mass is 16.2. The lowest BCUT2D eigenvalue weighted by molar-refractivity contribution is -0.116. The third-order valence-corrected chi connectivity index (χ3v) is 3.88. The van der Waals surface area contributed by atoms with E-state index in [0.29, 0.717) is 29.1 Å². The van der Waals surface area contributed by atoms with E-state index in [-0.39, 0.29) is 17.9 Å². The van der Waals surface area contributed by atoms with Gasteiger partial charge in [0.05, 0.1) is 17.3 Å². The highest BCUT2D eigenvalue weighted by Crippen LogP contribution is 2.10. The van der Waals surface area contributed by atoms with Crippen LogP contribution in [0.2, 0.25) is 0 Å². The fourth-order valence-corrected chi connectivity index (χ4v) is 2.74. The molecule has 3 rings (SSSR count). The number of carbonyl (C=O) groups is 1. The minimum absolute atomic E-state index is 0.210. The topological polar surface area (TPSA) is 64.0 Å². The van der Waals surface area contributed by atoms with E-state index in [0.717, 1.165) is 5.56 Å². The van der Waals surface area contributed by atoms with Gasteiger partial charge < -0.3 is 0 Å². The smallest absolute Gasteiger partial charge is 0.273 e. The van der Waals surface area contributed by atoms with Crippen molar-refractivity contribution >= 4 is 16.8 Å². The first-order valence-electron chi connectivity index (χ1n) is 8.39. The van der Waals surface area contributed by atoms with Gasteiger partial charge in [0, 0.05) is 6.42 Å². The summed E-state index contributed by atoms with van der Waals surface area (Å²) in [5.74, 6) is 0.640. The summed E-state index contributed by atoms with van der Waals surface area (Å²) in [6.07, 6.45) is 0.812. The van der Waals surface area contributed by atoms with Gasteiger partial charge in [0.1, 0.15) is 5.82 Å². The number of nitrogens with one attached hydrogen (secondary N) is 1. The average molecular weight is 335 g/mol. The number of para-hydroxylation sites is 1. The van der Waals surface area contributed by atoms with E-state index in [1.807, 2.05) is 42.5 Å². The molecule has 0 aliphatic carbocycles. The van der Waals surface area contributed by atoms with Gasteiger partial charge in [-0.2, -0.15) is 0 Å². The summed E-state index contributed by atoms with van der Waals surface area (Å²) in [7, 11) is 0. The summed E-state index contributed by atoms with van der Waals surface area (Å²) in [6.45, 7) is 4.11. The molecule has 1 heterocycles. The number of hydrogen-bond donors (Lipinski definition) is 1. The molecule has 5 heteroatoms. The van der Waals surface area contributed by atoms with Crippen molar-refractivity contribution in [1.82, 2.24) is 9.66 Å². The van der Waals surface area contributed by atoms with Crippen LogP contribution in [0.1, 0.15) is 25.2 Å². The van der Waals surface area contributed by atoms with Crippen LogP contribution in [0.25, 0.3) is 10.9 Å². The Morgan fingerprint density at radius 1 is 1.08 bits per heavy atom. The fraction of sp³-hybridized carbons (Fsp3) is 0.250. The molecule has 0 bridgehead atoms. The van der Waals surface area contributed by atoms with Crippen LogP contribution in [0.15, 0.2) is 59.4 Å². The lowest BCUT2D eigenvalue weighted by Crippen LogP contribution is -2.37. The molecule has 5 nitrogen and oxygen atoms in total. The Kier molecular flexibility index (Phi) is 4.93. The van der Waals surface area contributed by atoms with Crippen LogP contribution in [0.3, 0.4) is 0 Å². The molecule has 3 aromatic rings. The minimum Gasteiger partial charge on any atom is -0.273 e. The molecule has 0 radical (unpaired) electrons. The molecule has 1 N–H and O–H groups in total.